The molecule has 2 rings (SSSR count). The third-order valence-corrected chi connectivity index (χ3v) is 2.00. The van der Waals surface area contributed by atoms with Crippen molar-refractivity contribution >= 4 is 11.6 Å². The molecule has 72 valence electrons. The minimum atomic E-state index is 0.841. The first kappa shape index (κ1) is 8.74. The quantitative estimate of drug-likeness (QED) is 0.775. The van der Waals surface area contributed by atoms with E-state index in [0.717, 1.165) is 18.1 Å². The molecule has 0 aliphatic heterocycles. The highest BCUT2D eigenvalue weighted by atomic mass is 15.2. The van der Waals surface area contributed by atoms with Crippen molar-refractivity contribution in [3.05, 3.63) is 36.2 Å². The molecule has 0 aliphatic rings. The number of aromatic nitrogens is 3. The lowest BCUT2D eigenvalue weighted by Gasteiger charge is -2.03. The Labute approximate surface area is 82.4 Å². The minimum absolute atomic E-state index is 0.841. The van der Waals surface area contributed by atoms with Gasteiger partial charge in [0.1, 0.15) is 11.6 Å². The normalized spacial score (nSPS) is 10.1. The first-order valence-corrected chi connectivity index (χ1v) is 4.60. The number of aromatic amines is 1. The summed E-state index contributed by atoms with van der Waals surface area (Å²) in [4.78, 5) is 4.20. The van der Waals surface area contributed by atoms with Gasteiger partial charge in [-0.1, -0.05) is 6.92 Å². The zero-order valence-electron chi connectivity index (χ0n) is 7.99. The number of anilines is 2. The van der Waals surface area contributed by atoms with Gasteiger partial charge in [-0.15, -0.1) is 0 Å². The molecule has 0 saturated heterocycles. The fraction of sp³-hybridized carbons (Fsp3) is 0.200. The van der Waals surface area contributed by atoms with E-state index in [4.69, 9.17) is 0 Å². The molecule has 4 nitrogen and oxygen atoms in total. The van der Waals surface area contributed by atoms with Crippen molar-refractivity contribution in [1.29, 1.82) is 0 Å². The number of hydrogen-bond donors (Lipinski definition) is 2. The summed E-state index contributed by atoms with van der Waals surface area (Å²) in [5, 5.41) is 9.80. The van der Waals surface area contributed by atoms with E-state index < -0.39 is 0 Å². The largest absolute Gasteiger partial charge is 0.325 e. The van der Waals surface area contributed by atoms with Crippen molar-refractivity contribution in [3.8, 4) is 0 Å². The maximum Gasteiger partial charge on any atom is 0.131 e. The van der Waals surface area contributed by atoms with Crippen LogP contribution in [0.2, 0.25) is 0 Å². The Balaban J connectivity index is 2.17. The average molecular weight is 188 g/mol. The molecule has 0 spiro atoms. The predicted molar refractivity (Wildman–Crippen MR) is 55.5 cm³/mol. The van der Waals surface area contributed by atoms with Crippen LogP contribution in [0.3, 0.4) is 0 Å². The molecule has 0 aliphatic carbocycles. The molecule has 0 fully saturated rings. The fourth-order valence-electron chi connectivity index (χ4n) is 1.23. The van der Waals surface area contributed by atoms with Gasteiger partial charge in [0.2, 0.25) is 0 Å². The van der Waals surface area contributed by atoms with Crippen LogP contribution in [0, 0.1) is 0 Å². The van der Waals surface area contributed by atoms with Crippen LogP contribution in [-0.2, 0) is 6.42 Å². The Morgan fingerprint density at radius 1 is 1.36 bits per heavy atom. The Kier molecular flexibility index (Phi) is 2.44. The SMILES string of the molecule is CCc1ccnc(Nc2ccn[nH]2)c1. The van der Waals surface area contributed by atoms with Crippen molar-refractivity contribution in [2.75, 3.05) is 5.32 Å². The molecule has 2 N–H and O–H groups in total. The highest BCUT2D eigenvalue weighted by molar-refractivity contribution is 5.51. The van der Waals surface area contributed by atoms with Gasteiger partial charge < -0.3 is 5.32 Å². The molecular weight excluding hydrogens is 176 g/mol. The lowest BCUT2D eigenvalue weighted by atomic mass is 10.2. The molecule has 4 heteroatoms. The van der Waals surface area contributed by atoms with E-state index in [1.165, 1.54) is 5.56 Å². The molecule has 2 aromatic heterocycles. The van der Waals surface area contributed by atoms with Gasteiger partial charge in [0, 0.05) is 12.3 Å². The summed E-state index contributed by atoms with van der Waals surface area (Å²) in [5.41, 5.74) is 1.27. The molecule has 0 amide bonds. The van der Waals surface area contributed by atoms with Gasteiger partial charge >= 0.3 is 0 Å². The van der Waals surface area contributed by atoms with E-state index in [1.807, 2.05) is 18.2 Å². The van der Waals surface area contributed by atoms with Crippen molar-refractivity contribution in [1.82, 2.24) is 15.2 Å². The van der Waals surface area contributed by atoms with Gasteiger partial charge in [0.15, 0.2) is 0 Å². The van der Waals surface area contributed by atoms with Crippen LogP contribution in [0.5, 0.6) is 0 Å². The molecule has 0 radical (unpaired) electrons. The third-order valence-electron chi connectivity index (χ3n) is 2.00. The van der Waals surface area contributed by atoms with Crippen molar-refractivity contribution in [3.63, 3.8) is 0 Å². The van der Waals surface area contributed by atoms with E-state index in [-0.39, 0.29) is 0 Å². The monoisotopic (exact) mass is 188 g/mol. The van der Waals surface area contributed by atoms with Crippen LogP contribution < -0.4 is 5.32 Å². The lowest BCUT2D eigenvalue weighted by molar-refractivity contribution is 1.08. The van der Waals surface area contributed by atoms with Crippen molar-refractivity contribution in [2.24, 2.45) is 0 Å². The number of H-pyrrole nitrogens is 1. The summed E-state index contributed by atoms with van der Waals surface area (Å²) in [6.45, 7) is 2.12. The van der Waals surface area contributed by atoms with E-state index in [0.29, 0.717) is 0 Å². The average Bonchev–Trinajstić information content (AvgIpc) is 2.71. The fourth-order valence-corrected chi connectivity index (χ4v) is 1.23. The zero-order chi connectivity index (χ0) is 9.80. The topological polar surface area (TPSA) is 53.6 Å². The van der Waals surface area contributed by atoms with Crippen LogP contribution in [0.15, 0.2) is 30.6 Å². The molecule has 2 heterocycles. The Hall–Kier alpha value is -1.84. The van der Waals surface area contributed by atoms with Gasteiger partial charge in [0.05, 0.1) is 6.20 Å². The van der Waals surface area contributed by atoms with Gasteiger partial charge in [0.25, 0.3) is 0 Å². The first-order chi connectivity index (χ1) is 6.88. The van der Waals surface area contributed by atoms with E-state index in [2.05, 4.69) is 27.4 Å². The summed E-state index contributed by atoms with van der Waals surface area (Å²) < 4.78 is 0. The molecule has 0 saturated carbocycles. The van der Waals surface area contributed by atoms with E-state index in [1.54, 1.807) is 12.4 Å². The number of rotatable bonds is 3. The second-order valence-corrected chi connectivity index (χ2v) is 3.00. The smallest absolute Gasteiger partial charge is 0.131 e. The van der Waals surface area contributed by atoms with Crippen LogP contribution in [0.1, 0.15) is 12.5 Å². The maximum atomic E-state index is 4.20. The standard InChI is InChI=1S/C10H12N4/c1-2-8-3-5-11-10(7-8)13-9-4-6-12-14-9/h3-7H,2H2,1H3,(H2,11,12,13,14). The van der Waals surface area contributed by atoms with E-state index >= 15 is 0 Å². The second kappa shape index (κ2) is 3.91. The highest BCUT2D eigenvalue weighted by Gasteiger charge is 1.97. The summed E-state index contributed by atoms with van der Waals surface area (Å²) in [6.07, 6.45) is 4.52. The van der Waals surface area contributed by atoms with Crippen LogP contribution >= 0.6 is 0 Å². The molecule has 0 aromatic carbocycles. The molecule has 0 bridgehead atoms. The number of nitrogens with zero attached hydrogens (tertiary/aromatic N) is 2. The number of pyridine rings is 1. The summed E-state index contributed by atoms with van der Waals surface area (Å²) in [5.74, 6) is 1.69. The number of hydrogen-bond acceptors (Lipinski definition) is 3. The molecule has 2 aromatic rings. The molecule has 14 heavy (non-hydrogen) atoms. The zero-order valence-corrected chi connectivity index (χ0v) is 7.99. The Bertz CT molecular complexity index is 394. The van der Waals surface area contributed by atoms with Crippen LogP contribution in [0.4, 0.5) is 11.6 Å². The lowest BCUT2D eigenvalue weighted by Crippen LogP contribution is -1.94. The minimum Gasteiger partial charge on any atom is -0.325 e. The maximum absolute atomic E-state index is 4.20. The summed E-state index contributed by atoms with van der Waals surface area (Å²) in [7, 11) is 0. The predicted octanol–water partition coefficient (Wildman–Crippen LogP) is 2.11. The Morgan fingerprint density at radius 2 is 2.29 bits per heavy atom. The highest BCUT2D eigenvalue weighted by Crippen LogP contribution is 2.12. The number of aryl methyl sites for hydroxylation is 1. The van der Waals surface area contributed by atoms with Gasteiger partial charge in [-0.2, -0.15) is 5.10 Å². The van der Waals surface area contributed by atoms with E-state index in [9.17, 15) is 0 Å². The Morgan fingerprint density at radius 3 is 3.00 bits per heavy atom. The summed E-state index contributed by atoms with van der Waals surface area (Å²) in [6, 6.07) is 5.90. The van der Waals surface area contributed by atoms with Crippen LogP contribution in [-0.4, -0.2) is 15.2 Å². The molecule has 0 atom stereocenters. The van der Waals surface area contributed by atoms with Crippen LogP contribution in [0.25, 0.3) is 0 Å². The van der Waals surface area contributed by atoms with Gasteiger partial charge in [-0.25, -0.2) is 4.98 Å². The first-order valence-electron chi connectivity index (χ1n) is 4.60. The van der Waals surface area contributed by atoms with Gasteiger partial charge in [-0.05, 0) is 24.1 Å². The second-order valence-electron chi connectivity index (χ2n) is 3.00. The molecular formula is C10H12N4. The van der Waals surface area contributed by atoms with Crippen molar-refractivity contribution < 1.29 is 0 Å². The molecule has 0 unspecified atom stereocenters. The number of nitrogens with one attached hydrogen (secondary N) is 2. The summed E-state index contributed by atoms with van der Waals surface area (Å²) >= 11 is 0. The van der Waals surface area contributed by atoms with Gasteiger partial charge in [-0.3, -0.25) is 5.10 Å². The van der Waals surface area contributed by atoms with Crippen molar-refractivity contribution in [2.45, 2.75) is 13.3 Å². The third kappa shape index (κ3) is 1.90.